The summed E-state index contributed by atoms with van der Waals surface area (Å²) in [5, 5.41) is 7.01. The Morgan fingerprint density at radius 2 is 2.00 bits per heavy atom. The maximum absolute atomic E-state index is 12.9. The highest BCUT2D eigenvalue weighted by Gasteiger charge is 2.21. The number of hydrogen-bond acceptors (Lipinski definition) is 2. The van der Waals surface area contributed by atoms with E-state index in [4.69, 9.17) is 17.0 Å². The van der Waals surface area contributed by atoms with Crippen molar-refractivity contribution in [1.29, 1.82) is 0 Å². The van der Waals surface area contributed by atoms with Gasteiger partial charge in [0.05, 0.1) is 13.2 Å². The van der Waals surface area contributed by atoms with Crippen LogP contribution in [-0.4, -0.2) is 12.2 Å². The Kier molecular flexibility index (Phi) is 4.76. The Labute approximate surface area is 140 Å². The molecule has 1 aliphatic carbocycles. The maximum atomic E-state index is 12.9. The number of halogens is 1. The van der Waals surface area contributed by atoms with Crippen molar-refractivity contribution in [3.63, 3.8) is 0 Å². The molecule has 1 atom stereocenters. The quantitative estimate of drug-likeness (QED) is 0.827. The molecule has 2 aromatic carbocycles. The van der Waals surface area contributed by atoms with Crippen molar-refractivity contribution in [3.8, 4) is 5.75 Å². The Morgan fingerprint density at radius 3 is 2.74 bits per heavy atom. The van der Waals surface area contributed by atoms with E-state index in [0.717, 1.165) is 30.7 Å². The van der Waals surface area contributed by atoms with Gasteiger partial charge in [-0.2, -0.15) is 0 Å². The van der Waals surface area contributed by atoms with E-state index in [1.807, 2.05) is 6.07 Å². The summed E-state index contributed by atoms with van der Waals surface area (Å²) in [6.07, 6.45) is 3.20. The molecular formula is C18H19FN2OS. The molecule has 5 heteroatoms. The normalized spacial score (nSPS) is 16.3. The van der Waals surface area contributed by atoms with Gasteiger partial charge >= 0.3 is 0 Å². The van der Waals surface area contributed by atoms with Gasteiger partial charge in [-0.15, -0.1) is 0 Å². The van der Waals surface area contributed by atoms with Gasteiger partial charge in [-0.1, -0.05) is 6.07 Å². The van der Waals surface area contributed by atoms with Crippen molar-refractivity contribution in [2.75, 3.05) is 12.4 Å². The summed E-state index contributed by atoms with van der Waals surface area (Å²) < 4.78 is 18.2. The molecule has 120 valence electrons. The Morgan fingerprint density at radius 1 is 1.22 bits per heavy atom. The van der Waals surface area contributed by atoms with Gasteiger partial charge in [0.1, 0.15) is 11.6 Å². The van der Waals surface area contributed by atoms with E-state index in [0.29, 0.717) is 5.11 Å². The standard InChI is InChI=1S/C18H19FN2OS/c1-22-15-9-10-16-12(11-15)3-2-4-17(16)21-18(23)20-14-7-5-13(19)6-8-14/h5-11,17H,2-4H2,1H3,(H2,20,21,23)/t17-/m1/s1. The summed E-state index contributed by atoms with van der Waals surface area (Å²) in [4.78, 5) is 0. The van der Waals surface area contributed by atoms with Crippen LogP contribution in [0.3, 0.4) is 0 Å². The lowest BCUT2D eigenvalue weighted by atomic mass is 9.87. The number of methoxy groups -OCH3 is 1. The van der Waals surface area contributed by atoms with E-state index < -0.39 is 0 Å². The molecule has 0 aliphatic heterocycles. The van der Waals surface area contributed by atoms with Crippen LogP contribution in [0.4, 0.5) is 10.1 Å². The van der Waals surface area contributed by atoms with Crippen molar-refractivity contribution in [2.24, 2.45) is 0 Å². The minimum Gasteiger partial charge on any atom is -0.497 e. The van der Waals surface area contributed by atoms with E-state index in [-0.39, 0.29) is 11.9 Å². The van der Waals surface area contributed by atoms with Gasteiger partial charge in [-0.3, -0.25) is 0 Å². The predicted octanol–water partition coefficient (Wildman–Crippen LogP) is 4.20. The fourth-order valence-corrected chi connectivity index (χ4v) is 3.19. The Bertz CT molecular complexity index is 703. The largest absolute Gasteiger partial charge is 0.497 e. The summed E-state index contributed by atoms with van der Waals surface area (Å²) in [6.45, 7) is 0. The summed E-state index contributed by atoms with van der Waals surface area (Å²) in [6, 6.07) is 12.5. The molecule has 2 aromatic rings. The number of thiocarbonyl (C=S) groups is 1. The molecule has 2 N–H and O–H groups in total. The third kappa shape index (κ3) is 3.79. The summed E-state index contributed by atoms with van der Waals surface area (Å²) >= 11 is 5.39. The zero-order valence-electron chi connectivity index (χ0n) is 12.9. The van der Waals surface area contributed by atoms with E-state index in [9.17, 15) is 4.39 Å². The van der Waals surface area contributed by atoms with Crippen LogP contribution in [0.5, 0.6) is 5.75 Å². The van der Waals surface area contributed by atoms with Crippen LogP contribution in [0.25, 0.3) is 0 Å². The molecule has 0 amide bonds. The smallest absolute Gasteiger partial charge is 0.171 e. The van der Waals surface area contributed by atoms with Gasteiger partial charge in [0, 0.05) is 5.69 Å². The van der Waals surface area contributed by atoms with Gasteiger partial charge in [0.2, 0.25) is 0 Å². The monoisotopic (exact) mass is 330 g/mol. The van der Waals surface area contributed by atoms with Crippen molar-refractivity contribution in [1.82, 2.24) is 5.32 Å². The van der Waals surface area contributed by atoms with Crippen LogP contribution >= 0.6 is 12.2 Å². The SMILES string of the molecule is COc1ccc2c(c1)CCC[C@H]2NC(=S)Nc1ccc(F)cc1. The molecule has 3 rings (SSSR count). The maximum Gasteiger partial charge on any atom is 0.171 e. The zero-order chi connectivity index (χ0) is 16.2. The van der Waals surface area contributed by atoms with Crippen molar-refractivity contribution in [2.45, 2.75) is 25.3 Å². The van der Waals surface area contributed by atoms with Crippen LogP contribution in [-0.2, 0) is 6.42 Å². The minimum atomic E-state index is -0.260. The lowest BCUT2D eigenvalue weighted by Crippen LogP contribution is -2.34. The highest BCUT2D eigenvalue weighted by molar-refractivity contribution is 7.80. The summed E-state index contributed by atoms with van der Waals surface area (Å²) in [5.74, 6) is 0.626. The lowest BCUT2D eigenvalue weighted by Gasteiger charge is -2.28. The van der Waals surface area contributed by atoms with Crippen molar-refractivity contribution >= 4 is 23.0 Å². The van der Waals surface area contributed by atoms with E-state index in [1.54, 1.807) is 19.2 Å². The van der Waals surface area contributed by atoms with E-state index >= 15 is 0 Å². The van der Waals surface area contributed by atoms with Gasteiger partial charge in [-0.25, -0.2) is 4.39 Å². The van der Waals surface area contributed by atoms with Gasteiger partial charge in [-0.05, 0) is 79.0 Å². The molecule has 0 aromatic heterocycles. The zero-order valence-corrected chi connectivity index (χ0v) is 13.8. The van der Waals surface area contributed by atoms with E-state index in [1.165, 1.54) is 23.3 Å². The van der Waals surface area contributed by atoms with Crippen LogP contribution < -0.4 is 15.4 Å². The van der Waals surface area contributed by atoms with Crippen LogP contribution in [0.2, 0.25) is 0 Å². The first-order valence-corrected chi connectivity index (χ1v) is 8.06. The third-order valence-corrected chi connectivity index (χ3v) is 4.29. The fourth-order valence-electron chi connectivity index (χ4n) is 2.93. The molecule has 0 saturated heterocycles. The highest BCUT2D eigenvalue weighted by Crippen LogP contribution is 2.32. The Hall–Kier alpha value is -2.14. The molecule has 0 radical (unpaired) electrons. The average Bonchev–Trinajstić information content (AvgIpc) is 2.56. The fraction of sp³-hybridized carbons (Fsp3) is 0.278. The molecule has 1 aliphatic rings. The number of aryl methyl sites for hydroxylation is 1. The van der Waals surface area contributed by atoms with Crippen molar-refractivity contribution < 1.29 is 9.13 Å². The number of fused-ring (bicyclic) bond motifs is 1. The van der Waals surface area contributed by atoms with E-state index in [2.05, 4.69) is 22.8 Å². The van der Waals surface area contributed by atoms with Crippen molar-refractivity contribution in [3.05, 3.63) is 59.4 Å². The number of ether oxygens (including phenoxy) is 1. The number of benzene rings is 2. The van der Waals surface area contributed by atoms with Gasteiger partial charge in [0.25, 0.3) is 0 Å². The molecule has 23 heavy (non-hydrogen) atoms. The molecular weight excluding hydrogens is 311 g/mol. The number of anilines is 1. The van der Waals surface area contributed by atoms with Gasteiger partial charge in [0.15, 0.2) is 5.11 Å². The highest BCUT2D eigenvalue weighted by atomic mass is 32.1. The molecule has 0 unspecified atom stereocenters. The molecule has 0 bridgehead atoms. The number of nitrogens with one attached hydrogen (secondary N) is 2. The Balaban J connectivity index is 1.69. The summed E-state index contributed by atoms with van der Waals surface area (Å²) in [7, 11) is 1.68. The molecule has 0 saturated carbocycles. The topological polar surface area (TPSA) is 33.3 Å². The first-order chi connectivity index (χ1) is 11.2. The molecule has 0 fully saturated rings. The molecule has 0 spiro atoms. The number of hydrogen-bond donors (Lipinski definition) is 2. The predicted molar refractivity (Wildman–Crippen MR) is 94.4 cm³/mol. The second-order valence-electron chi connectivity index (χ2n) is 5.61. The van der Waals surface area contributed by atoms with Crippen LogP contribution in [0, 0.1) is 5.82 Å². The minimum absolute atomic E-state index is 0.185. The molecule has 3 nitrogen and oxygen atoms in total. The second-order valence-corrected chi connectivity index (χ2v) is 6.02. The third-order valence-electron chi connectivity index (χ3n) is 4.07. The first kappa shape index (κ1) is 15.7. The van der Waals surface area contributed by atoms with Crippen LogP contribution in [0.1, 0.15) is 30.0 Å². The van der Waals surface area contributed by atoms with Gasteiger partial charge < -0.3 is 15.4 Å². The molecule has 0 heterocycles. The summed E-state index contributed by atoms with van der Waals surface area (Å²) in [5.41, 5.74) is 3.34. The first-order valence-electron chi connectivity index (χ1n) is 7.65. The van der Waals surface area contributed by atoms with Crippen LogP contribution in [0.15, 0.2) is 42.5 Å². The number of rotatable bonds is 3. The lowest BCUT2D eigenvalue weighted by molar-refractivity contribution is 0.412. The second kappa shape index (κ2) is 6.96. The average molecular weight is 330 g/mol.